The highest BCUT2D eigenvalue weighted by atomic mass is 16.5. The van der Waals surface area contributed by atoms with Gasteiger partial charge in [-0.15, -0.1) is 0 Å². The maximum absolute atomic E-state index is 11.4. The highest BCUT2D eigenvalue weighted by molar-refractivity contribution is 5.76. The maximum Gasteiger partial charge on any atom is 0.322 e. The fourth-order valence-electron chi connectivity index (χ4n) is 2.06. The molecule has 0 fully saturated rings. The van der Waals surface area contributed by atoms with Crippen LogP contribution in [0.25, 0.3) is 0 Å². The Bertz CT molecular complexity index is 412. The van der Waals surface area contributed by atoms with Crippen LogP contribution in [0.3, 0.4) is 0 Å². The zero-order chi connectivity index (χ0) is 13.2. The lowest BCUT2D eigenvalue weighted by atomic mass is 9.90. The number of hydrogen-bond donors (Lipinski definition) is 1. The number of hydrogen-bond acceptors (Lipinski definition) is 3. The highest BCUT2D eigenvalue weighted by Crippen LogP contribution is 2.22. The van der Waals surface area contributed by atoms with Gasteiger partial charge in [-0.2, -0.15) is 0 Å². The summed E-state index contributed by atoms with van der Waals surface area (Å²) in [6.45, 7) is 8.30. The van der Waals surface area contributed by atoms with Crippen molar-refractivity contribution in [2.24, 2.45) is 5.73 Å². The molecule has 0 unspecified atom stereocenters. The van der Waals surface area contributed by atoms with E-state index in [2.05, 4.69) is 38.5 Å². The monoisotopic (exact) mass is 235 g/mol. The quantitative estimate of drug-likeness (QED) is 0.815. The molecule has 1 aromatic carbocycles. The molecule has 1 aromatic rings. The molecule has 0 amide bonds. The molecule has 94 valence electrons. The number of benzene rings is 1. The summed E-state index contributed by atoms with van der Waals surface area (Å²) in [5.41, 5.74) is 11.9. The van der Waals surface area contributed by atoms with Crippen LogP contribution in [0.15, 0.2) is 6.07 Å². The van der Waals surface area contributed by atoms with Gasteiger partial charge in [0, 0.05) is 0 Å². The van der Waals surface area contributed by atoms with Crippen molar-refractivity contribution in [1.82, 2.24) is 0 Å². The minimum Gasteiger partial charge on any atom is -0.468 e. The molecule has 0 bridgehead atoms. The van der Waals surface area contributed by atoms with Crippen molar-refractivity contribution in [3.05, 3.63) is 33.9 Å². The largest absolute Gasteiger partial charge is 0.468 e. The molecule has 3 heteroatoms. The van der Waals surface area contributed by atoms with Gasteiger partial charge in [0.2, 0.25) is 0 Å². The van der Waals surface area contributed by atoms with E-state index in [9.17, 15) is 4.79 Å². The molecule has 3 nitrogen and oxygen atoms in total. The number of nitrogens with two attached hydrogens (primary N) is 1. The van der Waals surface area contributed by atoms with Crippen molar-refractivity contribution in [2.75, 3.05) is 7.11 Å². The predicted octanol–water partition coefficient (Wildman–Crippen LogP) is 1.96. The van der Waals surface area contributed by atoms with Crippen LogP contribution in [0.4, 0.5) is 0 Å². The van der Waals surface area contributed by atoms with E-state index in [4.69, 9.17) is 5.73 Å². The van der Waals surface area contributed by atoms with Crippen molar-refractivity contribution in [1.29, 1.82) is 0 Å². The maximum atomic E-state index is 11.4. The second-order valence-electron chi connectivity index (χ2n) is 4.57. The summed E-state index contributed by atoms with van der Waals surface area (Å²) in [6, 6.07) is 1.58. The lowest BCUT2D eigenvalue weighted by Crippen LogP contribution is -2.34. The van der Waals surface area contributed by atoms with Crippen LogP contribution in [0, 0.1) is 27.7 Å². The van der Waals surface area contributed by atoms with Gasteiger partial charge in [-0.1, -0.05) is 6.07 Å². The normalized spacial score (nSPS) is 12.4. The average molecular weight is 235 g/mol. The Morgan fingerprint density at radius 2 is 1.71 bits per heavy atom. The highest BCUT2D eigenvalue weighted by Gasteiger charge is 2.18. The van der Waals surface area contributed by atoms with Crippen LogP contribution in [0.5, 0.6) is 0 Å². The van der Waals surface area contributed by atoms with E-state index in [-0.39, 0.29) is 5.97 Å². The lowest BCUT2D eigenvalue weighted by Gasteiger charge is -2.17. The lowest BCUT2D eigenvalue weighted by molar-refractivity contribution is -0.142. The first kappa shape index (κ1) is 13.7. The summed E-state index contributed by atoms with van der Waals surface area (Å²) in [4.78, 5) is 11.4. The first-order valence-corrected chi connectivity index (χ1v) is 5.78. The molecular formula is C14H21NO2. The SMILES string of the molecule is COC(=O)[C@H](N)Cc1c(C)c(C)cc(C)c1C. The number of rotatable bonds is 3. The Hall–Kier alpha value is -1.35. The molecular weight excluding hydrogens is 214 g/mol. The summed E-state index contributed by atoms with van der Waals surface area (Å²) in [6.07, 6.45) is 0.535. The van der Waals surface area contributed by atoms with Gasteiger partial charge in [-0.25, -0.2) is 0 Å². The van der Waals surface area contributed by atoms with Crippen molar-refractivity contribution < 1.29 is 9.53 Å². The van der Waals surface area contributed by atoms with Gasteiger partial charge in [-0.05, 0) is 61.9 Å². The molecule has 1 rings (SSSR count). The van der Waals surface area contributed by atoms with E-state index in [1.54, 1.807) is 0 Å². The molecule has 0 saturated carbocycles. The van der Waals surface area contributed by atoms with Crippen LogP contribution in [-0.4, -0.2) is 19.1 Å². The topological polar surface area (TPSA) is 52.3 Å². The Kier molecular flexibility index (Phi) is 4.29. The number of ether oxygens (including phenoxy) is 1. The molecule has 0 spiro atoms. The number of carbonyl (C=O) groups is 1. The summed E-state index contributed by atoms with van der Waals surface area (Å²) in [7, 11) is 1.36. The molecule has 0 heterocycles. The van der Waals surface area contributed by atoms with Crippen molar-refractivity contribution in [3.8, 4) is 0 Å². The molecule has 0 aliphatic rings. The van der Waals surface area contributed by atoms with Gasteiger partial charge in [0.05, 0.1) is 7.11 Å². The van der Waals surface area contributed by atoms with Crippen LogP contribution < -0.4 is 5.73 Å². The smallest absolute Gasteiger partial charge is 0.322 e. The zero-order valence-electron chi connectivity index (χ0n) is 11.3. The van der Waals surface area contributed by atoms with Gasteiger partial charge < -0.3 is 10.5 Å². The molecule has 0 saturated heterocycles. The Labute approximate surface area is 103 Å². The Morgan fingerprint density at radius 1 is 1.24 bits per heavy atom. The van der Waals surface area contributed by atoms with Crippen LogP contribution in [0.2, 0.25) is 0 Å². The van der Waals surface area contributed by atoms with E-state index in [1.165, 1.54) is 34.9 Å². The minimum absolute atomic E-state index is 0.358. The van der Waals surface area contributed by atoms with Gasteiger partial charge >= 0.3 is 5.97 Å². The fourth-order valence-corrected chi connectivity index (χ4v) is 2.06. The summed E-state index contributed by atoms with van der Waals surface area (Å²) < 4.78 is 4.66. The zero-order valence-corrected chi connectivity index (χ0v) is 11.3. The summed E-state index contributed by atoms with van der Waals surface area (Å²) >= 11 is 0. The van der Waals surface area contributed by atoms with Crippen molar-refractivity contribution in [3.63, 3.8) is 0 Å². The van der Waals surface area contributed by atoms with E-state index < -0.39 is 6.04 Å². The molecule has 0 radical (unpaired) electrons. The predicted molar refractivity (Wildman–Crippen MR) is 69.1 cm³/mol. The second kappa shape index (κ2) is 5.32. The molecule has 0 aliphatic carbocycles. The average Bonchev–Trinajstić information content (AvgIpc) is 2.30. The number of esters is 1. The number of methoxy groups -OCH3 is 1. The number of carbonyl (C=O) groups excluding carboxylic acids is 1. The van der Waals surface area contributed by atoms with E-state index in [0.29, 0.717) is 6.42 Å². The first-order chi connectivity index (χ1) is 7.88. The summed E-state index contributed by atoms with van der Waals surface area (Å²) in [5, 5.41) is 0. The van der Waals surface area contributed by atoms with Gasteiger partial charge in [0.25, 0.3) is 0 Å². The summed E-state index contributed by atoms with van der Waals surface area (Å²) in [5.74, 6) is -0.358. The van der Waals surface area contributed by atoms with Gasteiger partial charge in [-0.3, -0.25) is 4.79 Å². The van der Waals surface area contributed by atoms with Gasteiger partial charge in [0.15, 0.2) is 0 Å². The second-order valence-corrected chi connectivity index (χ2v) is 4.57. The van der Waals surface area contributed by atoms with Crippen molar-refractivity contribution >= 4 is 5.97 Å². The first-order valence-electron chi connectivity index (χ1n) is 5.78. The molecule has 1 atom stereocenters. The number of aryl methyl sites for hydroxylation is 2. The van der Waals surface area contributed by atoms with Gasteiger partial charge in [0.1, 0.15) is 6.04 Å². The molecule has 2 N–H and O–H groups in total. The van der Waals surface area contributed by atoms with Crippen LogP contribution in [-0.2, 0) is 16.0 Å². The standard InChI is InChI=1S/C14H21NO2/c1-8-6-9(2)11(4)12(10(8)3)7-13(15)14(16)17-5/h6,13H,7,15H2,1-5H3/t13-/m1/s1. The Balaban J connectivity index is 3.10. The van der Waals surface area contributed by atoms with E-state index >= 15 is 0 Å². The molecule has 0 aliphatic heterocycles. The molecule has 0 aromatic heterocycles. The third-order valence-electron chi connectivity index (χ3n) is 3.45. The van der Waals surface area contributed by atoms with Crippen LogP contribution in [0.1, 0.15) is 27.8 Å². The molecule has 17 heavy (non-hydrogen) atoms. The minimum atomic E-state index is -0.585. The third-order valence-corrected chi connectivity index (χ3v) is 3.45. The van der Waals surface area contributed by atoms with E-state index in [1.807, 2.05) is 0 Å². The Morgan fingerprint density at radius 3 is 2.12 bits per heavy atom. The van der Waals surface area contributed by atoms with E-state index in [0.717, 1.165) is 0 Å². The fraction of sp³-hybridized carbons (Fsp3) is 0.500. The van der Waals surface area contributed by atoms with Crippen molar-refractivity contribution in [2.45, 2.75) is 40.2 Å². The van der Waals surface area contributed by atoms with Crippen LogP contribution >= 0.6 is 0 Å². The third kappa shape index (κ3) is 2.86.